The number of nitrogens with zero attached hydrogens (tertiary/aromatic N) is 4. The van der Waals surface area contributed by atoms with Crippen LogP contribution in [0.25, 0.3) is 0 Å². The number of hydrogen-bond acceptors (Lipinski definition) is 8. The van der Waals surface area contributed by atoms with Gasteiger partial charge in [0.05, 0.1) is 0 Å². The van der Waals surface area contributed by atoms with E-state index in [1.807, 2.05) is 95.2 Å². The van der Waals surface area contributed by atoms with Crippen LogP contribution in [-0.4, -0.2) is 119 Å². The van der Waals surface area contributed by atoms with Crippen LogP contribution in [0, 0.1) is 0 Å². The molecule has 0 spiro atoms. The van der Waals surface area contributed by atoms with Gasteiger partial charge < -0.3 is 38.5 Å². The zero-order valence-corrected chi connectivity index (χ0v) is 34.1. The molecule has 0 N–H and O–H groups in total. The van der Waals surface area contributed by atoms with Crippen LogP contribution in [0.2, 0.25) is 0 Å². The van der Waals surface area contributed by atoms with Crippen molar-refractivity contribution in [3.63, 3.8) is 0 Å². The summed E-state index contributed by atoms with van der Waals surface area (Å²) in [5, 5.41) is 0. The predicted octanol–water partition coefficient (Wildman–Crippen LogP) is 8.87. The Balaban J connectivity index is 5.74. The van der Waals surface area contributed by atoms with Crippen LogP contribution in [-0.2, 0) is 18.9 Å². The van der Waals surface area contributed by atoms with Crippen LogP contribution >= 0.6 is 0 Å². The number of amides is 4. The van der Waals surface area contributed by atoms with Crippen LogP contribution in [0.5, 0.6) is 0 Å². The van der Waals surface area contributed by atoms with E-state index in [2.05, 4.69) is 13.8 Å². The molecular formula is C38H72N4O8. The zero-order chi connectivity index (χ0) is 38.8. The molecule has 0 fully saturated rings. The fourth-order valence-corrected chi connectivity index (χ4v) is 4.42. The van der Waals surface area contributed by atoms with Gasteiger partial charge in [-0.2, -0.15) is 0 Å². The molecule has 292 valence electrons. The number of carbonyl (C=O) groups is 4. The van der Waals surface area contributed by atoms with Crippen molar-refractivity contribution in [1.29, 1.82) is 0 Å². The molecule has 0 atom stereocenters. The molecule has 12 nitrogen and oxygen atoms in total. The van der Waals surface area contributed by atoms with Crippen molar-refractivity contribution in [3.05, 3.63) is 12.2 Å². The third-order valence-electron chi connectivity index (χ3n) is 6.70. The molecule has 0 rings (SSSR count). The van der Waals surface area contributed by atoms with Crippen molar-refractivity contribution >= 4 is 24.4 Å². The molecule has 0 aliphatic carbocycles. The summed E-state index contributed by atoms with van der Waals surface area (Å²) >= 11 is 0. The van der Waals surface area contributed by atoms with E-state index in [1.54, 1.807) is 19.6 Å². The maximum absolute atomic E-state index is 13.2. The van der Waals surface area contributed by atoms with E-state index in [-0.39, 0.29) is 25.3 Å². The summed E-state index contributed by atoms with van der Waals surface area (Å²) in [6.07, 6.45) is 6.66. The summed E-state index contributed by atoms with van der Waals surface area (Å²) in [5.41, 5.74) is -2.57. The highest BCUT2D eigenvalue weighted by molar-refractivity contribution is 5.70. The topological polar surface area (TPSA) is 118 Å². The molecule has 0 aliphatic rings. The van der Waals surface area contributed by atoms with E-state index in [0.717, 1.165) is 25.7 Å². The van der Waals surface area contributed by atoms with Crippen molar-refractivity contribution in [2.45, 2.75) is 158 Å². The lowest BCUT2D eigenvalue weighted by Crippen LogP contribution is -2.41. The third-order valence-corrected chi connectivity index (χ3v) is 6.70. The molecule has 50 heavy (non-hydrogen) atoms. The first-order valence-electron chi connectivity index (χ1n) is 18.4. The van der Waals surface area contributed by atoms with Crippen molar-refractivity contribution in [1.82, 2.24) is 19.6 Å². The van der Waals surface area contributed by atoms with E-state index in [0.29, 0.717) is 52.1 Å². The van der Waals surface area contributed by atoms with E-state index in [4.69, 9.17) is 18.9 Å². The highest BCUT2D eigenvalue weighted by atomic mass is 16.6. The van der Waals surface area contributed by atoms with Crippen molar-refractivity contribution in [2.24, 2.45) is 0 Å². The molecule has 0 unspecified atom stereocenters. The van der Waals surface area contributed by atoms with Crippen molar-refractivity contribution in [2.75, 3.05) is 52.4 Å². The summed E-state index contributed by atoms with van der Waals surface area (Å²) in [6, 6.07) is 0. The Morgan fingerprint density at radius 3 is 0.860 bits per heavy atom. The van der Waals surface area contributed by atoms with Crippen LogP contribution in [0.15, 0.2) is 12.2 Å². The largest absolute Gasteiger partial charge is 0.444 e. The first kappa shape index (κ1) is 46.8. The van der Waals surface area contributed by atoms with Crippen LogP contribution < -0.4 is 0 Å². The van der Waals surface area contributed by atoms with E-state index >= 15 is 0 Å². The summed E-state index contributed by atoms with van der Waals surface area (Å²) in [4.78, 5) is 58.6. The molecule has 0 aromatic carbocycles. The second-order valence-electron chi connectivity index (χ2n) is 16.7. The van der Waals surface area contributed by atoms with Gasteiger partial charge in [-0.25, -0.2) is 19.2 Å². The Kier molecular flexibility index (Phi) is 20.5. The molecule has 4 amide bonds. The monoisotopic (exact) mass is 713 g/mol. The van der Waals surface area contributed by atoms with Crippen molar-refractivity contribution in [3.8, 4) is 0 Å². The number of hydrogen-bond donors (Lipinski definition) is 0. The standard InChI is InChI=1S/C38H72N4O8/c1-15-17-23-39(31(43)47-35(3,4)5)27-21-29-41(33(45)49-37(9,10)11)25-19-20-26-42(34(46)50-38(12,13)14)30-22-28-40(24-18-16-2)32(44)48-36(6,7)8/h19-20H,15-18,21-30H2,1-14H3/b20-19+. The molecule has 0 saturated heterocycles. The summed E-state index contributed by atoms with van der Waals surface area (Å²) < 4.78 is 22.6. The molecule has 0 saturated carbocycles. The average molecular weight is 713 g/mol. The molecule has 0 aromatic heterocycles. The molecule has 0 heterocycles. The maximum Gasteiger partial charge on any atom is 0.410 e. The van der Waals surface area contributed by atoms with Crippen LogP contribution in [0.1, 0.15) is 135 Å². The van der Waals surface area contributed by atoms with Gasteiger partial charge >= 0.3 is 24.4 Å². The summed E-state index contributed by atoms with van der Waals surface area (Å²) in [6.45, 7) is 29.3. The average Bonchev–Trinajstić information content (AvgIpc) is 2.92. The van der Waals surface area contributed by atoms with Gasteiger partial charge in [0.2, 0.25) is 0 Å². The molecule has 12 heteroatoms. The van der Waals surface area contributed by atoms with E-state index in [9.17, 15) is 19.2 Å². The van der Waals surface area contributed by atoms with Gasteiger partial charge in [-0.1, -0.05) is 38.8 Å². The van der Waals surface area contributed by atoms with Crippen LogP contribution in [0.3, 0.4) is 0 Å². The lowest BCUT2D eigenvalue weighted by molar-refractivity contribution is 0.0191. The Morgan fingerprint density at radius 2 is 0.620 bits per heavy atom. The van der Waals surface area contributed by atoms with Gasteiger partial charge in [-0.3, -0.25) is 0 Å². The highest BCUT2D eigenvalue weighted by Gasteiger charge is 2.26. The van der Waals surface area contributed by atoms with Gasteiger partial charge in [0.1, 0.15) is 22.4 Å². The first-order chi connectivity index (χ1) is 22.9. The molecule has 0 aliphatic heterocycles. The van der Waals surface area contributed by atoms with Crippen LogP contribution in [0.4, 0.5) is 19.2 Å². The van der Waals surface area contributed by atoms with Gasteiger partial charge in [0, 0.05) is 52.4 Å². The quantitative estimate of drug-likeness (QED) is 0.102. The SMILES string of the molecule is CCCCN(CCCN(C/C=C/CN(CCCN(CCCC)C(=O)OC(C)(C)C)C(=O)OC(C)(C)C)C(=O)OC(C)(C)C)C(=O)OC(C)(C)C. The Labute approximate surface area is 304 Å². The van der Waals surface area contributed by atoms with Crippen molar-refractivity contribution < 1.29 is 38.1 Å². The number of ether oxygens (including phenoxy) is 4. The molecule has 0 radical (unpaired) electrons. The number of rotatable bonds is 18. The van der Waals surface area contributed by atoms with Gasteiger partial charge in [-0.15, -0.1) is 0 Å². The Hall–Kier alpha value is -3.18. The lowest BCUT2D eigenvalue weighted by atomic mass is 10.2. The van der Waals surface area contributed by atoms with Gasteiger partial charge in [0.15, 0.2) is 0 Å². The highest BCUT2D eigenvalue weighted by Crippen LogP contribution is 2.15. The number of carbonyl (C=O) groups excluding carboxylic acids is 4. The second kappa shape index (κ2) is 21.9. The minimum absolute atomic E-state index is 0.252. The Bertz CT molecular complexity index is 969. The molecule has 0 aromatic rings. The molecule has 0 bridgehead atoms. The van der Waals surface area contributed by atoms with E-state index in [1.165, 1.54) is 0 Å². The van der Waals surface area contributed by atoms with Gasteiger partial charge in [0.25, 0.3) is 0 Å². The fourth-order valence-electron chi connectivity index (χ4n) is 4.42. The number of unbranched alkanes of at least 4 members (excludes halogenated alkanes) is 2. The minimum Gasteiger partial charge on any atom is -0.444 e. The normalized spacial score (nSPS) is 12.4. The molecular weight excluding hydrogens is 640 g/mol. The zero-order valence-electron chi connectivity index (χ0n) is 34.1. The second-order valence-corrected chi connectivity index (χ2v) is 16.7. The smallest absolute Gasteiger partial charge is 0.410 e. The predicted molar refractivity (Wildman–Crippen MR) is 199 cm³/mol. The first-order valence-corrected chi connectivity index (χ1v) is 18.4. The maximum atomic E-state index is 13.2. The summed E-state index contributed by atoms with van der Waals surface area (Å²) in [5.74, 6) is 0. The third kappa shape index (κ3) is 24.1. The minimum atomic E-state index is -0.680. The van der Waals surface area contributed by atoms with E-state index < -0.39 is 34.6 Å². The van der Waals surface area contributed by atoms with Gasteiger partial charge in [-0.05, 0) is 109 Å². The Morgan fingerprint density at radius 1 is 0.400 bits per heavy atom. The lowest BCUT2D eigenvalue weighted by Gasteiger charge is -2.30. The summed E-state index contributed by atoms with van der Waals surface area (Å²) in [7, 11) is 0. The fraction of sp³-hybridized carbons (Fsp3) is 0.842.